The van der Waals surface area contributed by atoms with Gasteiger partial charge in [-0.2, -0.15) is 5.10 Å². The highest BCUT2D eigenvalue weighted by Gasteiger charge is 2.13. The molecule has 0 bridgehead atoms. The number of benzene rings is 1. The molecule has 0 aliphatic heterocycles. The maximum Gasteiger partial charge on any atom is 0.0826 e. The van der Waals surface area contributed by atoms with Gasteiger partial charge in [-0.3, -0.25) is 4.68 Å². The van der Waals surface area contributed by atoms with Gasteiger partial charge in [0.2, 0.25) is 0 Å². The van der Waals surface area contributed by atoms with Gasteiger partial charge in [0.25, 0.3) is 0 Å². The summed E-state index contributed by atoms with van der Waals surface area (Å²) in [5.41, 5.74) is 3.10. The van der Waals surface area contributed by atoms with Crippen LogP contribution in [0.3, 0.4) is 0 Å². The predicted molar refractivity (Wildman–Crippen MR) is 67.7 cm³/mol. The average Bonchev–Trinajstić information content (AvgIpc) is 2.67. The lowest BCUT2D eigenvalue weighted by molar-refractivity contribution is 0.167. The van der Waals surface area contributed by atoms with Crippen molar-refractivity contribution < 1.29 is 5.11 Å². The van der Waals surface area contributed by atoms with E-state index in [9.17, 15) is 5.11 Å². The van der Waals surface area contributed by atoms with E-state index in [0.29, 0.717) is 0 Å². The van der Waals surface area contributed by atoms with Crippen LogP contribution < -0.4 is 0 Å². The van der Waals surface area contributed by atoms with E-state index >= 15 is 0 Å². The zero-order chi connectivity index (χ0) is 12.3. The molecule has 1 unspecified atom stereocenters. The minimum absolute atomic E-state index is 0.427. The van der Waals surface area contributed by atoms with E-state index in [4.69, 9.17) is 0 Å². The molecule has 0 fully saturated rings. The number of hydrogen-bond acceptors (Lipinski definition) is 2. The SMILES string of the molecule is Cc1nn(C)cc1C(O)CCc1ccccc1. The Kier molecular flexibility index (Phi) is 3.59. The van der Waals surface area contributed by atoms with E-state index in [2.05, 4.69) is 17.2 Å². The van der Waals surface area contributed by atoms with Gasteiger partial charge in [0.1, 0.15) is 0 Å². The Balaban J connectivity index is 1.98. The Morgan fingerprint density at radius 1 is 1.29 bits per heavy atom. The van der Waals surface area contributed by atoms with E-state index in [1.807, 2.05) is 38.4 Å². The fourth-order valence-corrected chi connectivity index (χ4v) is 2.05. The van der Waals surface area contributed by atoms with Crippen molar-refractivity contribution in [3.63, 3.8) is 0 Å². The number of rotatable bonds is 4. The van der Waals surface area contributed by atoms with Crippen molar-refractivity contribution in [1.82, 2.24) is 9.78 Å². The molecule has 3 heteroatoms. The van der Waals surface area contributed by atoms with Crippen molar-refractivity contribution in [3.05, 3.63) is 53.3 Å². The first kappa shape index (κ1) is 11.9. The van der Waals surface area contributed by atoms with Crippen LogP contribution >= 0.6 is 0 Å². The summed E-state index contributed by atoms with van der Waals surface area (Å²) >= 11 is 0. The number of aryl methyl sites for hydroxylation is 3. The Morgan fingerprint density at radius 2 is 2.00 bits per heavy atom. The molecule has 0 radical (unpaired) electrons. The van der Waals surface area contributed by atoms with Gasteiger partial charge >= 0.3 is 0 Å². The Hall–Kier alpha value is -1.61. The van der Waals surface area contributed by atoms with Gasteiger partial charge in [-0.1, -0.05) is 30.3 Å². The third-order valence-electron chi connectivity index (χ3n) is 2.96. The number of aliphatic hydroxyl groups excluding tert-OH is 1. The van der Waals surface area contributed by atoms with Gasteiger partial charge in [0.15, 0.2) is 0 Å². The molecule has 1 heterocycles. The molecule has 2 aromatic rings. The van der Waals surface area contributed by atoms with E-state index in [1.54, 1.807) is 4.68 Å². The predicted octanol–water partition coefficient (Wildman–Crippen LogP) is 2.39. The van der Waals surface area contributed by atoms with Crippen LogP contribution in [0, 0.1) is 6.92 Å². The number of aliphatic hydroxyl groups is 1. The maximum absolute atomic E-state index is 10.1. The summed E-state index contributed by atoms with van der Waals surface area (Å²) in [5, 5.41) is 14.4. The lowest BCUT2D eigenvalue weighted by Crippen LogP contribution is -2.00. The van der Waals surface area contributed by atoms with Gasteiger partial charge in [-0.15, -0.1) is 0 Å². The highest BCUT2D eigenvalue weighted by Crippen LogP contribution is 2.21. The second kappa shape index (κ2) is 5.15. The van der Waals surface area contributed by atoms with Crippen LogP contribution in [0.5, 0.6) is 0 Å². The summed E-state index contributed by atoms with van der Waals surface area (Å²) in [5.74, 6) is 0. The zero-order valence-electron chi connectivity index (χ0n) is 10.3. The fraction of sp³-hybridized carbons (Fsp3) is 0.357. The van der Waals surface area contributed by atoms with Crippen molar-refractivity contribution in [2.75, 3.05) is 0 Å². The number of hydrogen-bond donors (Lipinski definition) is 1. The Morgan fingerprint density at radius 3 is 2.59 bits per heavy atom. The third kappa shape index (κ3) is 2.94. The Bertz CT molecular complexity index is 476. The quantitative estimate of drug-likeness (QED) is 0.875. The molecular weight excluding hydrogens is 212 g/mol. The van der Waals surface area contributed by atoms with Gasteiger partial charge in [0, 0.05) is 18.8 Å². The second-order valence-corrected chi connectivity index (χ2v) is 4.38. The van der Waals surface area contributed by atoms with E-state index in [1.165, 1.54) is 5.56 Å². The molecule has 17 heavy (non-hydrogen) atoms. The molecule has 3 nitrogen and oxygen atoms in total. The molecule has 0 aliphatic carbocycles. The van der Waals surface area contributed by atoms with Gasteiger partial charge in [-0.05, 0) is 25.3 Å². The van der Waals surface area contributed by atoms with E-state index in [0.717, 1.165) is 24.1 Å². The first-order valence-electron chi connectivity index (χ1n) is 5.89. The molecule has 2 rings (SSSR count). The summed E-state index contributed by atoms with van der Waals surface area (Å²) < 4.78 is 1.75. The molecule has 0 amide bonds. The molecule has 1 N–H and O–H groups in total. The first-order valence-corrected chi connectivity index (χ1v) is 5.89. The van der Waals surface area contributed by atoms with Crippen LogP contribution in [0.4, 0.5) is 0 Å². The molecule has 0 spiro atoms. The average molecular weight is 230 g/mol. The standard InChI is InChI=1S/C14H18N2O/c1-11-13(10-16(2)15-11)14(17)9-8-12-6-4-3-5-7-12/h3-7,10,14,17H,8-9H2,1-2H3. The van der Waals surface area contributed by atoms with Crippen molar-refractivity contribution in [3.8, 4) is 0 Å². The molecule has 0 saturated heterocycles. The number of nitrogens with zero attached hydrogens (tertiary/aromatic N) is 2. The summed E-state index contributed by atoms with van der Waals surface area (Å²) in [6.07, 6.45) is 3.08. The topological polar surface area (TPSA) is 38.0 Å². The highest BCUT2D eigenvalue weighted by molar-refractivity contribution is 5.20. The van der Waals surface area contributed by atoms with E-state index in [-0.39, 0.29) is 0 Å². The first-order chi connectivity index (χ1) is 8.16. The van der Waals surface area contributed by atoms with Crippen LogP contribution in [-0.2, 0) is 13.5 Å². The minimum Gasteiger partial charge on any atom is -0.388 e. The highest BCUT2D eigenvalue weighted by atomic mass is 16.3. The maximum atomic E-state index is 10.1. The fourth-order valence-electron chi connectivity index (χ4n) is 2.05. The monoisotopic (exact) mass is 230 g/mol. The van der Waals surface area contributed by atoms with Crippen LogP contribution in [0.25, 0.3) is 0 Å². The van der Waals surface area contributed by atoms with E-state index < -0.39 is 6.10 Å². The normalized spacial score (nSPS) is 12.6. The van der Waals surface area contributed by atoms with Crippen LogP contribution in [0.2, 0.25) is 0 Å². The number of aromatic nitrogens is 2. The molecule has 90 valence electrons. The molecule has 1 aromatic carbocycles. The van der Waals surface area contributed by atoms with Crippen LogP contribution in [0.15, 0.2) is 36.5 Å². The molecule has 1 aromatic heterocycles. The Labute approximate surface area is 102 Å². The van der Waals surface area contributed by atoms with Gasteiger partial charge in [0.05, 0.1) is 11.8 Å². The molecule has 0 saturated carbocycles. The lowest BCUT2D eigenvalue weighted by Gasteiger charge is -2.09. The smallest absolute Gasteiger partial charge is 0.0826 e. The second-order valence-electron chi connectivity index (χ2n) is 4.38. The summed E-state index contributed by atoms with van der Waals surface area (Å²) in [7, 11) is 1.88. The third-order valence-corrected chi connectivity index (χ3v) is 2.96. The van der Waals surface area contributed by atoms with Crippen LogP contribution in [0.1, 0.15) is 29.3 Å². The van der Waals surface area contributed by atoms with Gasteiger partial charge < -0.3 is 5.11 Å². The van der Waals surface area contributed by atoms with Crippen molar-refractivity contribution in [2.45, 2.75) is 25.9 Å². The van der Waals surface area contributed by atoms with Crippen molar-refractivity contribution in [2.24, 2.45) is 7.05 Å². The van der Waals surface area contributed by atoms with Crippen molar-refractivity contribution in [1.29, 1.82) is 0 Å². The largest absolute Gasteiger partial charge is 0.388 e. The minimum atomic E-state index is -0.427. The summed E-state index contributed by atoms with van der Waals surface area (Å²) in [6.45, 7) is 1.93. The van der Waals surface area contributed by atoms with Crippen molar-refractivity contribution >= 4 is 0 Å². The lowest BCUT2D eigenvalue weighted by atomic mass is 10.0. The molecule has 1 atom stereocenters. The van der Waals surface area contributed by atoms with Crippen LogP contribution in [-0.4, -0.2) is 14.9 Å². The summed E-state index contributed by atoms with van der Waals surface area (Å²) in [4.78, 5) is 0. The molecular formula is C14H18N2O. The zero-order valence-corrected chi connectivity index (χ0v) is 10.3. The van der Waals surface area contributed by atoms with Gasteiger partial charge in [-0.25, -0.2) is 0 Å². The summed E-state index contributed by atoms with van der Waals surface area (Å²) in [6, 6.07) is 10.2. The molecule has 0 aliphatic rings.